The quantitative estimate of drug-likeness (QED) is 0.897. The molecule has 0 unspecified atom stereocenters. The summed E-state index contributed by atoms with van der Waals surface area (Å²) in [5.74, 6) is -0.0185. The zero-order valence-corrected chi connectivity index (χ0v) is 14.2. The molecule has 2 aromatic rings. The van der Waals surface area contributed by atoms with Crippen LogP contribution in [-0.4, -0.2) is 40.7 Å². The fourth-order valence-electron chi connectivity index (χ4n) is 2.98. The van der Waals surface area contributed by atoms with Gasteiger partial charge in [0.1, 0.15) is 23.7 Å². The van der Waals surface area contributed by atoms with Crippen LogP contribution in [0.4, 0.5) is 4.39 Å². The van der Waals surface area contributed by atoms with E-state index in [1.54, 1.807) is 0 Å². The molecule has 1 atom stereocenters. The monoisotopic (exact) mass is 353 g/mol. The Hall–Kier alpha value is -1.84. The molecule has 7 nitrogen and oxygen atoms in total. The number of piperidine rings is 1. The zero-order valence-electron chi connectivity index (χ0n) is 13.4. The molecule has 0 spiro atoms. The number of halogens is 1. The van der Waals surface area contributed by atoms with Crippen molar-refractivity contribution >= 4 is 10.0 Å². The number of hydrogen-bond donors (Lipinski definition) is 1. The summed E-state index contributed by atoms with van der Waals surface area (Å²) in [6, 6.07) is 3.81. The van der Waals surface area contributed by atoms with Crippen molar-refractivity contribution in [2.75, 3.05) is 6.54 Å². The van der Waals surface area contributed by atoms with Crippen LogP contribution in [0.1, 0.15) is 32.0 Å². The van der Waals surface area contributed by atoms with Gasteiger partial charge in [-0.05, 0) is 44.5 Å². The average Bonchev–Trinajstić information content (AvgIpc) is 2.97. The first-order chi connectivity index (χ1) is 11.4. The number of hydrogen-bond acceptors (Lipinski definition) is 5. The number of benzene rings is 1. The third-order valence-corrected chi connectivity index (χ3v) is 5.29. The fraction of sp³-hybridized carbons (Fsp3) is 0.467. The molecule has 0 saturated carbocycles. The maximum Gasteiger partial charge on any atom is 0.238 e. The summed E-state index contributed by atoms with van der Waals surface area (Å²) in [5.41, 5.74) is 0.0266. The number of sulfonamides is 1. The smallest absolute Gasteiger partial charge is 0.238 e. The summed E-state index contributed by atoms with van der Waals surface area (Å²) < 4.78 is 38.6. The molecule has 2 N–H and O–H groups in total. The molecule has 1 aliphatic heterocycles. The average molecular weight is 353 g/mol. The van der Waals surface area contributed by atoms with E-state index in [1.807, 2.05) is 0 Å². The van der Waals surface area contributed by atoms with Crippen LogP contribution in [0.5, 0.6) is 0 Å². The highest BCUT2D eigenvalue weighted by Crippen LogP contribution is 2.22. The lowest BCUT2D eigenvalue weighted by Crippen LogP contribution is -2.37. The standard InChI is InChI=1S/C15H20FN5O2S/c1-11-4-2-3-7-20(11)9-15-18-10-19-21(15)14-8-12(24(17,22)23)5-6-13(14)16/h5-6,8,10-11H,2-4,7,9H2,1H3,(H2,17,22,23)/t11-/m0/s1. The highest BCUT2D eigenvalue weighted by Gasteiger charge is 2.22. The Morgan fingerprint density at radius 2 is 2.17 bits per heavy atom. The molecule has 0 radical (unpaired) electrons. The highest BCUT2D eigenvalue weighted by atomic mass is 32.2. The second kappa shape index (κ2) is 6.58. The largest absolute Gasteiger partial charge is 0.293 e. The van der Waals surface area contributed by atoms with E-state index in [4.69, 9.17) is 5.14 Å². The molecule has 130 valence electrons. The summed E-state index contributed by atoms with van der Waals surface area (Å²) >= 11 is 0. The molecule has 2 heterocycles. The number of primary sulfonamides is 1. The maximum absolute atomic E-state index is 14.2. The van der Waals surface area contributed by atoms with Gasteiger partial charge in [-0.25, -0.2) is 27.6 Å². The van der Waals surface area contributed by atoms with E-state index in [-0.39, 0.29) is 10.6 Å². The molecule has 1 aliphatic rings. The molecule has 0 aliphatic carbocycles. The SMILES string of the molecule is C[C@H]1CCCCN1Cc1ncnn1-c1cc(S(N)(=O)=O)ccc1F. The van der Waals surface area contributed by atoms with Crippen LogP contribution < -0.4 is 5.14 Å². The Labute approximate surface area is 140 Å². The molecular formula is C15H20FN5O2S. The van der Waals surface area contributed by atoms with Gasteiger partial charge in [-0.15, -0.1) is 0 Å². The molecular weight excluding hydrogens is 333 g/mol. The first kappa shape index (κ1) is 17.0. The van der Waals surface area contributed by atoms with Crippen LogP contribution in [0, 0.1) is 5.82 Å². The van der Waals surface area contributed by atoms with E-state index in [0.29, 0.717) is 18.4 Å². The van der Waals surface area contributed by atoms with Crippen molar-refractivity contribution in [2.45, 2.75) is 43.7 Å². The molecule has 0 bridgehead atoms. The number of aromatic nitrogens is 3. The zero-order chi connectivity index (χ0) is 17.3. The van der Waals surface area contributed by atoms with Gasteiger partial charge in [0.15, 0.2) is 0 Å². The van der Waals surface area contributed by atoms with Crippen LogP contribution in [-0.2, 0) is 16.6 Å². The highest BCUT2D eigenvalue weighted by molar-refractivity contribution is 7.89. The van der Waals surface area contributed by atoms with E-state index >= 15 is 0 Å². The van der Waals surface area contributed by atoms with Crippen molar-refractivity contribution in [2.24, 2.45) is 5.14 Å². The molecule has 1 aromatic carbocycles. The van der Waals surface area contributed by atoms with Crippen LogP contribution in [0.3, 0.4) is 0 Å². The van der Waals surface area contributed by atoms with Crippen molar-refractivity contribution in [3.8, 4) is 5.69 Å². The molecule has 0 amide bonds. The molecule has 24 heavy (non-hydrogen) atoms. The first-order valence-electron chi connectivity index (χ1n) is 7.82. The van der Waals surface area contributed by atoms with Gasteiger partial charge in [-0.2, -0.15) is 5.10 Å². The van der Waals surface area contributed by atoms with E-state index in [2.05, 4.69) is 21.9 Å². The predicted molar refractivity (Wildman–Crippen MR) is 86.4 cm³/mol. The number of nitrogens with zero attached hydrogens (tertiary/aromatic N) is 4. The molecule has 1 fully saturated rings. The van der Waals surface area contributed by atoms with Crippen molar-refractivity contribution in [3.05, 3.63) is 36.2 Å². The Kier molecular flexibility index (Phi) is 4.66. The number of likely N-dealkylation sites (tertiary alicyclic amines) is 1. The van der Waals surface area contributed by atoms with E-state index < -0.39 is 15.8 Å². The van der Waals surface area contributed by atoms with Gasteiger partial charge in [-0.1, -0.05) is 6.42 Å². The summed E-state index contributed by atoms with van der Waals surface area (Å²) in [6.45, 7) is 3.63. The number of nitrogens with two attached hydrogens (primary N) is 1. The summed E-state index contributed by atoms with van der Waals surface area (Å²) in [7, 11) is -3.92. The minimum absolute atomic E-state index is 0.0266. The molecule has 3 rings (SSSR count). The lowest BCUT2D eigenvalue weighted by molar-refractivity contribution is 0.148. The van der Waals surface area contributed by atoms with Gasteiger partial charge in [0.2, 0.25) is 10.0 Å². The summed E-state index contributed by atoms with van der Waals surface area (Å²) in [6.07, 6.45) is 4.78. The maximum atomic E-state index is 14.2. The number of rotatable bonds is 4. The minimum Gasteiger partial charge on any atom is -0.293 e. The Morgan fingerprint density at radius 3 is 2.88 bits per heavy atom. The first-order valence-corrected chi connectivity index (χ1v) is 9.36. The third-order valence-electron chi connectivity index (χ3n) is 4.38. The summed E-state index contributed by atoms with van der Waals surface area (Å²) in [4.78, 5) is 6.33. The van der Waals surface area contributed by atoms with Crippen molar-refractivity contribution in [3.63, 3.8) is 0 Å². The molecule has 1 aromatic heterocycles. The fourth-order valence-corrected chi connectivity index (χ4v) is 3.51. The van der Waals surface area contributed by atoms with Crippen LogP contribution in [0.2, 0.25) is 0 Å². The van der Waals surface area contributed by atoms with E-state index in [9.17, 15) is 12.8 Å². The van der Waals surface area contributed by atoms with Gasteiger partial charge >= 0.3 is 0 Å². The van der Waals surface area contributed by atoms with Crippen LogP contribution in [0.25, 0.3) is 5.69 Å². The lowest BCUT2D eigenvalue weighted by Gasteiger charge is -2.32. The van der Waals surface area contributed by atoms with Crippen LogP contribution >= 0.6 is 0 Å². The van der Waals surface area contributed by atoms with Crippen molar-refractivity contribution in [1.29, 1.82) is 0 Å². The molecule has 9 heteroatoms. The Bertz CT molecular complexity index is 836. The van der Waals surface area contributed by atoms with Gasteiger partial charge in [-0.3, -0.25) is 4.90 Å². The predicted octanol–water partition coefficient (Wildman–Crippen LogP) is 1.43. The van der Waals surface area contributed by atoms with Crippen molar-refractivity contribution < 1.29 is 12.8 Å². The van der Waals surface area contributed by atoms with Gasteiger partial charge in [0, 0.05) is 6.04 Å². The Balaban J connectivity index is 1.95. The van der Waals surface area contributed by atoms with Gasteiger partial charge < -0.3 is 0 Å². The summed E-state index contributed by atoms with van der Waals surface area (Å²) in [5, 5.41) is 9.20. The normalized spacial score (nSPS) is 19.5. The van der Waals surface area contributed by atoms with E-state index in [0.717, 1.165) is 31.5 Å². The van der Waals surface area contributed by atoms with Crippen molar-refractivity contribution in [1.82, 2.24) is 19.7 Å². The second-order valence-electron chi connectivity index (χ2n) is 6.06. The third kappa shape index (κ3) is 3.47. The lowest BCUT2D eigenvalue weighted by atomic mass is 10.0. The molecule has 1 saturated heterocycles. The van der Waals surface area contributed by atoms with Gasteiger partial charge in [0.05, 0.1) is 11.4 Å². The van der Waals surface area contributed by atoms with Crippen LogP contribution in [0.15, 0.2) is 29.4 Å². The Morgan fingerprint density at radius 1 is 1.38 bits per heavy atom. The van der Waals surface area contributed by atoms with Gasteiger partial charge in [0.25, 0.3) is 0 Å². The minimum atomic E-state index is -3.92. The second-order valence-corrected chi connectivity index (χ2v) is 7.62. The topological polar surface area (TPSA) is 94.1 Å². The van der Waals surface area contributed by atoms with E-state index in [1.165, 1.54) is 23.5 Å².